The minimum Gasteiger partial charge on any atom is -0.311 e. The maximum absolute atomic E-state index is 13.8. The van der Waals surface area contributed by atoms with Gasteiger partial charge in [0.1, 0.15) is 11.5 Å². The van der Waals surface area contributed by atoms with Crippen LogP contribution >= 0.6 is 15.9 Å². The molecular formula is C10H11BrFN5. The Balaban J connectivity index is 2.50. The lowest BCUT2D eigenvalue weighted by atomic mass is 10.2. The summed E-state index contributed by atoms with van der Waals surface area (Å²) in [6, 6.07) is 4.69. The summed E-state index contributed by atoms with van der Waals surface area (Å²) in [6.07, 6.45) is 0. The number of rotatable bonds is 3. The molecule has 0 amide bonds. The SMILES string of the molecule is CNC(C)c1nnnn1-c1ccc(Br)cc1F. The van der Waals surface area contributed by atoms with Crippen molar-refractivity contribution in [2.24, 2.45) is 0 Å². The van der Waals surface area contributed by atoms with E-state index in [1.807, 2.05) is 6.92 Å². The first-order valence-electron chi connectivity index (χ1n) is 5.04. The lowest BCUT2D eigenvalue weighted by molar-refractivity contribution is 0.566. The van der Waals surface area contributed by atoms with E-state index in [9.17, 15) is 4.39 Å². The molecule has 90 valence electrons. The summed E-state index contributed by atoms with van der Waals surface area (Å²) in [4.78, 5) is 0. The van der Waals surface area contributed by atoms with Gasteiger partial charge in [0.2, 0.25) is 0 Å². The molecule has 1 N–H and O–H groups in total. The van der Waals surface area contributed by atoms with E-state index in [-0.39, 0.29) is 11.9 Å². The fourth-order valence-corrected chi connectivity index (χ4v) is 1.75. The Morgan fingerprint density at radius 1 is 1.47 bits per heavy atom. The molecule has 0 aliphatic rings. The summed E-state index contributed by atoms with van der Waals surface area (Å²) in [5.74, 6) is 0.185. The minimum atomic E-state index is -0.378. The second-order valence-electron chi connectivity index (χ2n) is 3.55. The van der Waals surface area contributed by atoms with Gasteiger partial charge in [-0.25, -0.2) is 4.39 Å². The first-order valence-corrected chi connectivity index (χ1v) is 5.83. The fourth-order valence-electron chi connectivity index (χ4n) is 1.42. The molecule has 17 heavy (non-hydrogen) atoms. The highest BCUT2D eigenvalue weighted by molar-refractivity contribution is 9.10. The van der Waals surface area contributed by atoms with Gasteiger partial charge in [0, 0.05) is 4.47 Å². The van der Waals surface area contributed by atoms with Crippen LogP contribution in [0.1, 0.15) is 18.8 Å². The Morgan fingerprint density at radius 2 is 2.24 bits per heavy atom. The van der Waals surface area contributed by atoms with Gasteiger partial charge < -0.3 is 5.32 Å². The Labute approximate surface area is 106 Å². The monoisotopic (exact) mass is 299 g/mol. The van der Waals surface area contributed by atoms with E-state index in [4.69, 9.17) is 0 Å². The molecule has 2 rings (SSSR count). The average Bonchev–Trinajstić information content (AvgIpc) is 2.77. The van der Waals surface area contributed by atoms with E-state index in [0.29, 0.717) is 16.0 Å². The molecule has 0 aliphatic heterocycles. The van der Waals surface area contributed by atoms with Crippen LogP contribution in [-0.2, 0) is 0 Å². The number of aromatic nitrogens is 4. The van der Waals surface area contributed by atoms with Crippen LogP contribution in [0.4, 0.5) is 4.39 Å². The Bertz CT molecular complexity index is 527. The van der Waals surface area contributed by atoms with Gasteiger partial charge in [-0.05, 0) is 42.6 Å². The van der Waals surface area contributed by atoms with E-state index < -0.39 is 0 Å². The summed E-state index contributed by atoms with van der Waals surface area (Å²) in [5, 5.41) is 14.3. The van der Waals surface area contributed by atoms with Gasteiger partial charge in [0.05, 0.1) is 6.04 Å². The van der Waals surface area contributed by atoms with Crippen molar-refractivity contribution in [2.45, 2.75) is 13.0 Å². The van der Waals surface area contributed by atoms with Gasteiger partial charge in [0.15, 0.2) is 5.82 Å². The molecule has 0 spiro atoms. The zero-order valence-electron chi connectivity index (χ0n) is 9.35. The molecule has 1 unspecified atom stereocenters. The number of hydrogen-bond donors (Lipinski definition) is 1. The van der Waals surface area contributed by atoms with Gasteiger partial charge in [-0.15, -0.1) is 5.10 Å². The van der Waals surface area contributed by atoms with Crippen molar-refractivity contribution in [3.8, 4) is 5.69 Å². The van der Waals surface area contributed by atoms with Gasteiger partial charge in [0.25, 0.3) is 0 Å². The Kier molecular flexibility index (Phi) is 3.49. The van der Waals surface area contributed by atoms with Gasteiger partial charge >= 0.3 is 0 Å². The molecule has 2 aromatic rings. The first-order chi connectivity index (χ1) is 8.13. The standard InChI is InChI=1S/C10H11BrFN5/c1-6(13-2)10-14-15-16-17(10)9-4-3-7(11)5-8(9)12/h3-6,13H,1-2H3. The molecule has 1 atom stereocenters. The van der Waals surface area contributed by atoms with Crippen LogP contribution in [0, 0.1) is 5.82 Å². The summed E-state index contributed by atoms with van der Waals surface area (Å²) in [6.45, 7) is 1.90. The van der Waals surface area contributed by atoms with Crippen LogP contribution in [0.3, 0.4) is 0 Å². The summed E-state index contributed by atoms with van der Waals surface area (Å²) >= 11 is 3.21. The van der Waals surface area contributed by atoms with Crippen molar-refractivity contribution in [3.05, 3.63) is 34.3 Å². The number of benzene rings is 1. The van der Waals surface area contributed by atoms with Gasteiger partial charge in [-0.3, -0.25) is 0 Å². The zero-order chi connectivity index (χ0) is 12.4. The van der Waals surface area contributed by atoms with Crippen molar-refractivity contribution in [3.63, 3.8) is 0 Å². The quantitative estimate of drug-likeness (QED) is 0.940. The van der Waals surface area contributed by atoms with Crippen LogP contribution in [0.2, 0.25) is 0 Å². The summed E-state index contributed by atoms with van der Waals surface area (Å²) in [7, 11) is 1.79. The van der Waals surface area contributed by atoms with Gasteiger partial charge in [-0.1, -0.05) is 15.9 Å². The predicted octanol–water partition coefficient (Wildman–Crippen LogP) is 1.84. The first kappa shape index (κ1) is 12.1. The maximum Gasteiger partial charge on any atom is 0.173 e. The molecule has 5 nitrogen and oxygen atoms in total. The maximum atomic E-state index is 13.8. The second kappa shape index (κ2) is 4.89. The third-order valence-electron chi connectivity index (χ3n) is 2.45. The van der Waals surface area contributed by atoms with Crippen molar-refractivity contribution >= 4 is 15.9 Å². The number of halogens is 2. The molecule has 7 heteroatoms. The van der Waals surface area contributed by atoms with Crippen LogP contribution in [0.5, 0.6) is 0 Å². The van der Waals surface area contributed by atoms with Crippen LogP contribution in [-0.4, -0.2) is 27.3 Å². The lowest BCUT2D eigenvalue weighted by Crippen LogP contribution is -2.18. The van der Waals surface area contributed by atoms with Crippen molar-refractivity contribution in [1.82, 2.24) is 25.5 Å². The molecule has 0 radical (unpaired) electrons. The van der Waals surface area contributed by atoms with Crippen LogP contribution in [0.25, 0.3) is 5.69 Å². The second-order valence-corrected chi connectivity index (χ2v) is 4.47. The zero-order valence-corrected chi connectivity index (χ0v) is 10.9. The van der Waals surface area contributed by atoms with Crippen molar-refractivity contribution < 1.29 is 4.39 Å². The minimum absolute atomic E-state index is 0.0620. The Morgan fingerprint density at radius 3 is 2.88 bits per heavy atom. The highest BCUT2D eigenvalue weighted by Crippen LogP contribution is 2.20. The van der Waals surface area contributed by atoms with Crippen molar-refractivity contribution in [1.29, 1.82) is 0 Å². The number of nitrogens with zero attached hydrogens (tertiary/aromatic N) is 4. The van der Waals surface area contributed by atoms with E-state index in [0.717, 1.165) is 0 Å². The highest BCUT2D eigenvalue weighted by atomic mass is 79.9. The molecule has 0 fully saturated rings. The molecule has 1 heterocycles. The molecule has 0 saturated carbocycles. The van der Waals surface area contributed by atoms with Crippen LogP contribution in [0.15, 0.2) is 22.7 Å². The molecule has 1 aromatic carbocycles. The smallest absolute Gasteiger partial charge is 0.173 e. The number of nitrogens with one attached hydrogen (secondary N) is 1. The third-order valence-corrected chi connectivity index (χ3v) is 2.95. The van der Waals surface area contributed by atoms with E-state index >= 15 is 0 Å². The van der Waals surface area contributed by atoms with Crippen molar-refractivity contribution in [2.75, 3.05) is 7.05 Å². The molecular weight excluding hydrogens is 289 g/mol. The normalized spacial score (nSPS) is 12.7. The van der Waals surface area contributed by atoms with Gasteiger partial charge in [-0.2, -0.15) is 4.68 Å². The predicted molar refractivity (Wildman–Crippen MR) is 64.3 cm³/mol. The summed E-state index contributed by atoms with van der Waals surface area (Å²) in [5.41, 5.74) is 0.329. The Hall–Kier alpha value is -1.34. The molecule has 0 aliphatic carbocycles. The fraction of sp³-hybridized carbons (Fsp3) is 0.300. The molecule has 0 saturated heterocycles. The topological polar surface area (TPSA) is 55.6 Å². The number of tetrazole rings is 1. The molecule has 0 bridgehead atoms. The van der Waals surface area contributed by atoms with E-state index in [1.165, 1.54) is 10.7 Å². The largest absolute Gasteiger partial charge is 0.311 e. The number of hydrogen-bond acceptors (Lipinski definition) is 4. The van der Waals surface area contributed by atoms with Crippen LogP contribution < -0.4 is 5.32 Å². The summed E-state index contributed by atoms with van der Waals surface area (Å²) < 4.78 is 15.9. The average molecular weight is 300 g/mol. The molecule has 1 aromatic heterocycles. The van der Waals surface area contributed by atoms with E-state index in [2.05, 4.69) is 36.8 Å². The lowest BCUT2D eigenvalue weighted by Gasteiger charge is -2.10. The highest BCUT2D eigenvalue weighted by Gasteiger charge is 2.16. The third kappa shape index (κ3) is 2.34. The van der Waals surface area contributed by atoms with E-state index in [1.54, 1.807) is 19.2 Å².